The summed E-state index contributed by atoms with van der Waals surface area (Å²) >= 11 is 0. The number of imidazole rings is 1. The third-order valence-electron chi connectivity index (χ3n) is 3.51. The van der Waals surface area contributed by atoms with E-state index in [-0.39, 0.29) is 12.1 Å². The summed E-state index contributed by atoms with van der Waals surface area (Å²) in [7, 11) is 0. The second-order valence-electron chi connectivity index (χ2n) is 5.53. The molecule has 0 saturated carbocycles. The van der Waals surface area contributed by atoms with E-state index in [0.717, 1.165) is 16.8 Å². The van der Waals surface area contributed by atoms with Crippen LogP contribution in [0.1, 0.15) is 38.1 Å². The van der Waals surface area contributed by atoms with Gasteiger partial charge in [0.1, 0.15) is 0 Å². The first kappa shape index (κ1) is 14.3. The molecule has 0 aliphatic carbocycles. The average Bonchev–Trinajstić information content (AvgIpc) is 2.82. The SMILES string of the molecule is CC(C)=Cc1cnc2nc(O)n([C@@H](C)c3ccccc3)c2n1. The summed E-state index contributed by atoms with van der Waals surface area (Å²) in [5.74, 6) is 0. The average molecular weight is 294 g/mol. The van der Waals surface area contributed by atoms with E-state index in [1.807, 2.05) is 57.2 Å². The molecule has 2 aromatic heterocycles. The maximum absolute atomic E-state index is 10.2. The summed E-state index contributed by atoms with van der Waals surface area (Å²) in [6, 6.07) is 9.80. The molecule has 1 aromatic carbocycles. The monoisotopic (exact) mass is 294 g/mol. The fraction of sp³-hybridized carbons (Fsp3) is 0.235. The zero-order valence-corrected chi connectivity index (χ0v) is 12.9. The van der Waals surface area contributed by atoms with Gasteiger partial charge in [0.05, 0.1) is 17.9 Å². The molecule has 1 atom stereocenters. The Balaban J connectivity index is 2.16. The molecule has 0 aliphatic rings. The van der Waals surface area contributed by atoms with Crippen LogP contribution in [0.2, 0.25) is 0 Å². The summed E-state index contributed by atoms with van der Waals surface area (Å²) in [5.41, 5.74) is 4.01. The fourth-order valence-electron chi connectivity index (χ4n) is 2.47. The smallest absolute Gasteiger partial charge is 0.298 e. The standard InChI is InChI=1S/C17H18N4O/c1-11(2)9-14-10-18-15-16(19-14)21(17(22)20-15)12(3)13-7-5-4-6-8-13/h4-10,12H,1-3H3,(H,18,20,22)/t12-/m0/s1. The van der Waals surface area contributed by atoms with Crippen molar-refractivity contribution in [2.24, 2.45) is 0 Å². The molecular weight excluding hydrogens is 276 g/mol. The van der Waals surface area contributed by atoms with Crippen molar-refractivity contribution >= 4 is 17.4 Å². The predicted molar refractivity (Wildman–Crippen MR) is 86.6 cm³/mol. The lowest BCUT2D eigenvalue weighted by atomic mass is 10.1. The number of rotatable bonds is 3. The molecule has 22 heavy (non-hydrogen) atoms. The molecule has 1 N–H and O–H groups in total. The molecule has 3 rings (SSSR count). The van der Waals surface area contributed by atoms with Gasteiger partial charge < -0.3 is 5.11 Å². The van der Waals surface area contributed by atoms with Gasteiger partial charge in [0, 0.05) is 0 Å². The van der Waals surface area contributed by atoms with E-state index >= 15 is 0 Å². The lowest BCUT2D eigenvalue weighted by Gasteiger charge is -2.14. The van der Waals surface area contributed by atoms with E-state index in [4.69, 9.17) is 0 Å². The Morgan fingerprint density at radius 3 is 2.59 bits per heavy atom. The topological polar surface area (TPSA) is 63.8 Å². The minimum atomic E-state index is -0.0811. The lowest BCUT2D eigenvalue weighted by molar-refractivity contribution is 0.393. The minimum Gasteiger partial charge on any atom is -0.480 e. The first-order chi connectivity index (χ1) is 10.6. The number of hydrogen-bond donors (Lipinski definition) is 1. The van der Waals surface area contributed by atoms with Crippen molar-refractivity contribution in [2.75, 3.05) is 0 Å². The molecule has 112 valence electrons. The molecule has 3 aromatic rings. The quantitative estimate of drug-likeness (QED) is 0.802. The van der Waals surface area contributed by atoms with Crippen LogP contribution in [0.15, 0.2) is 42.1 Å². The molecule has 0 unspecified atom stereocenters. The molecule has 2 heterocycles. The lowest BCUT2D eigenvalue weighted by Crippen LogP contribution is -2.07. The van der Waals surface area contributed by atoms with Crippen molar-refractivity contribution in [3.8, 4) is 6.01 Å². The number of benzene rings is 1. The number of fused-ring (bicyclic) bond motifs is 1. The van der Waals surface area contributed by atoms with E-state index in [1.54, 1.807) is 10.8 Å². The third-order valence-corrected chi connectivity index (χ3v) is 3.51. The van der Waals surface area contributed by atoms with Gasteiger partial charge >= 0.3 is 0 Å². The zero-order valence-electron chi connectivity index (χ0n) is 12.9. The summed E-state index contributed by atoms with van der Waals surface area (Å²) in [6.07, 6.45) is 3.62. The normalized spacial score (nSPS) is 12.3. The van der Waals surface area contributed by atoms with E-state index in [1.165, 1.54) is 0 Å². The van der Waals surface area contributed by atoms with Crippen LogP contribution in [0.25, 0.3) is 17.4 Å². The zero-order chi connectivity index (χ0) is 15.7. The molecule has 0 radical (unpaired) electrons. The Kier molecular flexibility index (Phi) is 3.63. The molecule has 0 fully saturated rings. The van der Waals surface area contributed by atoms with Crippen LogP contribution in [-0.2, 0) is 0 Å². The van der Waals surface area contributed by atoms with Crippen LogP contribution in [0, 0.1) is 0 Å². The van der Waals surface area contributed by atoms with Gasteiger partial charge in [0.25, 0.3) is 6.01 Å². The minimum absolute atomic E-state index is 0.0688. The van der Waals surface area contributed by atoms with Crippen LogP contribution >= 0.6 is 0 Å². The Bertz CT molecular complexity index is 832. The van der Waals surface area contributed by atoms with Crippen molar-refractivity contribution < 1.29 is 5.11 Å². The number of allylic oxidation sites excluding steroid dienone is 1. The van der Waals surface area contributed by atoms with Gasteiger partial charge in [-0.3, -0.25) is 4.57 Å². The van der Waals surface area contributed by atoms with Crippen LogP contribution in [0.4, 0.5) is 0 Å². The van der Waals surface area contributed by atoms with Crippen LogP contribution in [-0.4, -0.2) is 24.6 Å². The highest BCUT2D eigenvalue weighted by molar-refractivity contribution is 5.69. The van der Waals surface area contributed by atoms with Gasteiger partial charge in [-0.15, -0.1) is 0 Å². The number of nitrogens with zero attached hydrogens (tertiary/aromatic N) is 4. The number of hydrogen-bond acceptors (Lipinski definition) is 4. The highest BCUT2D eigenvalue weighted by Gasteiger charge is 2.18. The number of aromatic hydroxyl groups is 1. The van der Waals surface area contributed by atoms with Gasteiger partial charge in [-0.2, -0.15) is 4.98 Å². The van der Waals surface area contributed by atoms with E-state index in [2.05, 4.69) is 15.0 Å². The fourth-order valence-corrected chi connectivity index (χ4v) is 2.47. The molecule has 0 saturated heterocycles. The highest BCUT2D eigenvalue weighted by Crippen LogP contribution is 2.27. The van der Waals surface area contributed by atoms with Gasteiger partial charge in [0.15, 0.2) is 5.65 Å². The molecule has 0 bridgehead atoms. The Labute approximate surface area is 129 Å². The van der Waals surface area contributed by atoms with Crippen molar-refractivity contribution in [3.05, 3.63) is 53.4 Å². The summed E-state index contributed by atoms with van der Waals surface area (Å²) < 4.78 is 1.71. The first-order valence-corrected chi connectivity index (χ1v) is 7.20. The van der Waals surface area contributed by atoms with Crippen molar-refractivity contribution in [3.63, 3.8) is 0 Å². The van der Waals surface area contributed by atoms with E-state index in [0.29, 0.717) is 11.3 Å². The van der Waals surface area contributed by atoms with Crippen molar-refractivity contribution in [1.82, 2.24) is 19.5 Å². The first-order valence-electron chi connectivity index (χ1n) is 7.20. The van der Waals surface area contributed by atoms with Gasteiger partial charge in [-0.25, -0.2) is 9.97 Å². The summed E-state index contributed by atoms with van der Waals surface area (Å²) in [6.45, 7) is 6.02. The molecule has 0 spiro atoms. The largest absolute Gasteiger partial charge is 0.480 e. The molecule has 5 nitrogen and oxygen atoms in total. The third kappa shape index (κ3) is 2.57. The molecule has 5 heteroatoms. The Morgan fingerprint density at radius 2 is 1.91 bits per heavy atom. The maximum atomic E-state index is 10.2. The second-order valence-corrected chi connectivity index (χ2v) is 5.53. The van der Waals surface area contributed by atoms with Crippen LogP contribution in [0.3, 0.4) is 0 Å². The van der Waals surface area contributed by atoms with Crippen molar-refractivity contribution in [2.45, 2.75) is 26.8 Å². The molecule has 0 amide bonds. The van der Waals surface area contributed by atoms with E-state index < -0.39 is 0 Å². The van der Waals surface area contributed by atoms with Gasteiger partial charge in [0.2, 0.25) is 5.65 Å². The second kappa shape index (κ2) is 5.60. The van der Waals surface area contributed by atoms with Crippen molar-refractivity contribution in [1.29, 1.82) is 0 Å². The summed E-state index contributed by atoms with van der Waals surface area (Å²) in [5, 5.41) is 10.2. The number of aromatic nitrogens is 4. The highest BCUT2D eigenvalue weighted by atomic mass is 16.3. The molecule has 0 aliphatic heterocycles. The van der Waals surface area contributed by atoms with Gasteiger partial charge in [-0.1, -0.05) is 35.9 Å². The van der Waals surface area contributed by atoms with E-state index in [9.17, 15) is 5.11 Å². The van der Waals surface area contributed by atoms with Crippen LogP contribution < -0.4 is 0 Å². The molecular formula is C17H18N4O. The van der Waals surface area contributed by atoms with Crippen LogP contribution in [0.5, 0.6) is 6.01 Å². The Morgan fingerprint density at radius 1 is 1.18 bits per heavy atom. The predicted octanol–water partition coefficient (Wildman–Crippen LogP) is 3.56. The summed E-state index contributed by atoms with van der Waals surface area (Å²) in [4.78, 5) is 13.0. The maximum Gasteiger partial charge on any atom is 0.298 e. The van der Waals surface area contributed by atoms with Gasteiger partial charge in [-0.05, 0) is 32.4 Å². The Hall–Kier alpha value is -2.69.